The maximum atomic E-state index is 12.3. The Bertz CT molecular complexity index is 410. The number of carbonyl (C=O) groups excluding carboxylic acids is 2. The fourth-order valence-corrected chi connectivity index (χ4v) is 1.60. The van der Waals surface area contributed by atoms with Gasteiger partial charge in [-0.25, -0.2) is 8.78 Å². The van der Waals surface area contributed by atoms with Gasteiger partial charge in [-0.05, 0) is 6.92 Å². The summed E-state index contributed by atoms with van der Waals surface area (Å²) in [6.07, 6.45) is -2.36. The van der Waals surface area contributed by atoms with Crippen molar-refractivity contribution in [3.05, 3.63) is 35.4 Å². The highest BCUT2D eigenvalue weighted by atomic mass is 19.3. The van der Waals surface area contributed by atoms with Crippen LogP contribution in [0.3, 0.4) is 0 Å². The highest BCUT2D eigenvalue weighted by Gasteiger charge is 2.17. The van der Waals surface area contributed by atoms with E-state index in [-0.39, 0.29) is 23.6 Å². The molecule has 0 aliphatic rings. The van der Waals surface area contributed by atoms with E-state index in [4.69, 9.17) is 0 Å². The topological polar surface area (TPSA) is 34.1 Å². The zero-order chi connectivity index (χ0) is 13.0. The summed E-state index contributed by atoms with van der Waals surface area (Å²) in [6.45, 7) is 3.08. The Morgan fingerprint density at radius 3 is 2.12 bits per heavy atom. The van der Waals surface area contributed by atoms with Crippen LogP contribution >= 0.6 is 0 Å². The van der Waals surface area contributed by atoms with Crippen LogP contribution in [0.25, 0.3) is 0 Å². The molecular weight excluding hydrogens is 226 g/mol. The standard InChI is InChI=1S/C13H14F2O2/c1-8(7-9(2)16)12(17)10-3-5-11(6-4-10)13(14)15/h3-6,8,13H,7H2,1-2H3. The molecule has 1 aromatic rings. The summed E-state index contributed by atoms with van der Waals surface area (Å²) in [5.41, 5.74) is 0.254. The van der Waals surface area contributed by atoms with Gasteiger partial charge in [0, 0.05) is 23.5 Å². The first-order valence-electron chi connectivity index (χ1n) is 5.33. The highest BCUT2D eigenvalue weighted by Crippen LogP contribution is 2.20. The largest absolute Gasteiger partial charge is 0.300 e. The van der Waals surface area contributed by atoms with Crippen molar-refractivity contribution in [1.82, 2.24) is 0 Å². The van der Waals surface area contributed by atoms with Gasteiger partial charge in [-0.3, -0.25) is 4.79 Å². The Morgan fingerprint density at radius 1 is 1.18 bits per heavy atom. The number of benzene rings is 1. The van der Waals surface area contributed by atoms with E-state index in [1.165, 1.54) is 31.2 Å². The lowest BCUT2D eigenvalue weighted by molar-refractivity contribution is -0.117. The van der Waals surface area contributed by atoms with Crippen LogP contribution in [-0.2, 0) is 4.79 Å². The van der Waals surface area contributed by atoms with Crippen molar-refractivity contribution in [1.29, 1.82) is 0 Å². The van der Waals surface area contributed by atoms with Crippen LogP contribution in [0.15, 0.2) is 24.3 Å². The molecule has 0 aromatic heterocycles. The zero-order valence-corrected chi connectivity index (χ0v) is 9.74. The highest BCUT2D eigenvalue weighted by molar-refractivity contribution is 5.99. The maximum Gasteiger partial charge on any atom is 0.263 e. The molecule has 0 saturated carbocycles. The monoisotopic (exact) mass is 240 g/mol. The van der Waals surface area contributed by atoms with Crippen LogP contribution in [0.1, 0.15) is 42.6 Å². The second-order valence-corrected chi connectivity index (χ2v) is 4.09. The van der Waals surface area contributed by atoms with Gasteiger partial charge in [0.15, 0.2) is 5.78 Å². The van der Waals surface area contributed by atoms with Gasteiger partial charge in [-0.15, -0.1) is 0 Å². The molecule has 17 heavy (non-hydrogen) atoms. The molecule has 0 N–H and O–H groups in total. The first-order chi connectivity index (χ1) is 7.91. The van der Waals surface area contributed by atoms with Crippen molar-refractivity contribution in [2.75, 3.05) is 0 Å². The predicted octanol–water partition coefficient (Wildman–Crippen LogP) is 3.42. The fourth-order valence-electron chi connectivity index (χ4n) is 1.60. The zero-order valence-electron chi connectivity index (χ0n) is 9.74. The third-order valence-corrected chi connectivity index (χ3v) is 2.49. The van der Waals surface area contributed by atoms with Crippen LogP contribution in [0.4, 0.5) is 8.78 Å². The molecule has 0 heterocycles. The van der Waals surface area contributed by atoms with Crippen molar-refractivity contribution in [3.63, 3.8) is 0 Å². The molecular formula is C13H14F2O2. The SMILES string of the molecule is CC(=O)CC(C)C(=O)c1ccc(C(F)F)cc1. The van der Waals surface area contributed by atoms with E-state index < -0.39 is 12.3 Å². The second-order valence-electron chi connectivity index (χ2n) is 4.09. The molecule has 0 amide bonds. The third-order valence-electron chi connectivity index (χ3n) is 2.49. The minimum atomic E-state index is -2.53. The van der Waals surface area contributed by atoms with Gasteiger partial charge >= 0.3 is 0 Å². The number of halogens is 2. The third kappa shape index (κ3) is 3.73. The predicted molar refractivity (Wildman–Crippen MR) is 60.2 cm³/mol. The van der Waals surface area contributed by atoms with Crippen molar-refractivity contribution in [2.24, 2.45) is 5.92 Å². The van der Waals surface area contributed by atoms with E-state index >= 15 is 0 Å². The molecule has 0 spiro atoms. The molecule has 0 aliphatic heterocycles. The normalized spacial score (nSPS) is 12.5. The number of hydrogen-bond donors (Lipinski definition) is 0. The van der Waals surface area contributed by atoms with Crippen molar-refractivity contribution in [3.8, 4) is 0 Å². The van der Waals surface area contributed by atoms with E-state index in [1.807, 2.05) is 0 Å². The van der Waals surface area contributed by atoms with Gasteiger partial charge in [-0.1, -0.05) is 31.2 Å². The first-order valence-corrected chi connectivity index (χ1v) is 5.33. The molecule has 0 fully saturated rings. The molecule has 1 rings (SSSR count). The summed E-state index contributed by atoms with van der Waals surface area (Å²) in [5.74, 6) is -0.666. The van der Waals surface area contributed by atoms with Crippen molar-refractivity contribution in [2.45, 2.75) is 26.7 Å². The smallest absolute Gasteiger partial charge is 0.263 e. The van der Waals surface area contributed by atoms with Crippen LogP contribution < -0.4 is 0 Å². The molecule has 1 unspecified atom stereocenters. The van der Waals surface area contributed by atoms with E-state index in [2.05, 4.69) is 0 Å². The average molecular weight is 240 g/mol. The number of Topliss-reactive ketones (excluding diaryl/α,β-unsaturated/α-hetero) is 2. The molecule has 1 atom stereocenters. The summed E-state index contributed by atoms with van der Waals surface area (Å²) in [5, 5.41) is 0. The molecule has 0 saturated heterocycles. The number of rotatable bonds is 5. The Kier molecular flexibility index (Phi) is 4.49. The minimum Gasteiger partial charge on any atom is -0.300 e. The maximum absolute atomic E-state index is 12.3. The number of alkyl halides is 2. The van der Waals surface area contributed by atoms with Gasteiger partial charge < -0.3 is 4.79 Å². The Balaban J connectivity index is 2.79. The quantitative estimate of drug-likeness (QED) is 0.739. The second kappa shape index (κ2) is 5.66. The minimum absolute atomic E-state index is 0.0601. The van der Waals surface area contributed by atoms with Gasteiger partial charge in [0.05, 0.1) is 0 Å². The average Bonchev–Trinajstić information content (AvgIpc) is 2.27. The first kappa shape index (κ1) is 13.5. The summed E-state index contributed by atoms with van der Waals surface area (Å²) < 4.78 is 24.6. The summed E-state index contributed by atoms with van der Waals surface area (Å²) in [4.78, 5) is 22.7. The number of ketones is 2. The molecule has 0 bridgehead atoms. The van der Waals surface area contributed by atoms with Crippen LogP contribution in [-0.4, -0.2) is 11.6 Å². The molecule has 0 radical (unpaired) electrons. The van der Waals surface area contributed by atoms with Gasteiger partial charge in [0.1, 0.15) is 5.78 Å². The van der Waals surface area contributed by atoms with E-state index in [0.717, 1.165) is 0 Å². The molecule has 2 nitrogen and oxygen atoms in total. The van der Waals surface area contributed by atoms with E-state index in [0.29, 0.717) is 5.56 Å². The Morgan fingerprint density at radius 2 is 1.71 bits per heavy atom. The Labute approximate surface area is 98.6 Å². The molecule has 1 aromatic carbocycles. The van der Waals surface area contributed by atoms with Crippen molar-refractivity contribution < 1.29 is 18.4 Å². The summed E-state index contributed by atoms with van der Waals surface area (Å²) >= 11 is 0. The Hall–Kier alpha value is -1.58. The van der Waals surface area contributed by atoms with Crippen LogP contribution in [0.2, 0.25) is 0 Å². The van der Waals surface area contributed by atoms with E-state index in [9.17, 15) is 18.4 Å². The lowest BCUT2D eigenvalue weighted by atomic mass is 9.94. The van der Waals surface area contributed by atoms with Gasteiger partial charge in [0.2, 0.25) is 0 Å². The van der Waals surface area contributed by atoms with Gasteiger partial charge in [0.25, 0.3) is 6.43 Å². The molecule has 4 heteroatoms. The lowest BCUT2D eigenvalue weighted by Gasteiger charge is -2.08. The van der Waals surface area contributed by atoms with Crippen LogP contribution in [0.5, 0.6) is 0 Å². The van der Waals surface area contributed by atoms with Gasteiger partial charge in [-0.2, -0.15) is 0 Å². The van der Waals surface area contributed by atoms with Crippen LogP contribution in [0, 0.1) is 5.92 Å². The number of hydrogen-bond acceptors (Lipinski definition) is 2. The van der Waals surface area contributed by atoms with Crippen molar-refractivity contribution >= 4 is 11.6 Å². The summed E-state index contributed by atoms with van der Waals surface area (Å²) in [6, 6.07) is 5.22. The van der Waals surface area contributed by atoms with E-state index in [1.54, 1.807) is 6.92 Å². The number of carbonyl (C=O) groups is 2. The lowest BCUT2D eigenvalue weighted by Crippen LogP contribution is -2.14. The molecule has 92 valence electrons. The summed E-state index contributed by atoms with van der Waals surface area (Å²) in [7, 11) is 0. The molecule has 0 aliphatic carbocycles. The fraction of sp³-hybridized carbons (Fsp3) is 0.385.